The van der Waals surface area contributed by atoms with E-state index in [2.05, 4.69) is 5.32 Å². The van der Waals surface area contributed by atoms with E-state index in [1.165, 1.54) is 4.90 Å². The molecule has 1 N–H and O–H groups in total. The van der Waals surface area contributed by atoms with Crippen LogP contribution in [0, 0.1) is 0 Å². The molecule has 0 radical (unpaired) electrons. The summed E-state index contributed by atoms with van der Waals surface area (Å²) >= 11 is 0. The summed E-state index contributed by atoms with van der Waals surface area (Å²) in [6.07, 6.45) is 0.612. The van der Waals surface area contributed by atoms with Crippen LogP contribution in [0.4, 0.5) is 0 Å². The van der Waals surface area contributed by atoms with Crippen LogP contribution in [0.2, 0.25) is 0 Å². The summed E-state index contributed by atoms with van der Waals surface area (Å²) in [4.78, 5) is 37.1. The Morgan fingerprint density at radius 1 is 1.19 bits per heavy atom. The van der Waals surface area contributed by atoms with Gasteiger partial charge in [-0.2, -0.15) is 0 Å². The van der Waals surface area contributed by atoms with Gasteiger partial charge in [-0.15, -0.1) is 0 Å². The molecule has 6 heteroatoms. The zero-order valence-corrected chi connectivity index (χ0v) is 11.1. The Labute approximate surface area is 119 Å². The van der Waals surface area contributed by atoms with Crippen LogP contribution in [0.25, 0.3) is 11.0 Å². The molecule has 2 aliphatic heterocycles. The van der Waals surface area contributed by atoms with Crippen LogP contribution >= 0.6 is 0 Å². The van der Waals surface area contributed by atoms with Crippen molar-refractivity contribution in [3.05, 3.63) is 35.6 Å². The molecule has 3 heterocycles. The molecular formula is C15H12N2O4. The summed E-state index contributed by atoms with van der Waals surface area (Å²) in [6, 6.07) is 6.85. The molecule has 1 fully saturated rings. The lowest BCUT2D eigenvalue weighted by molar-refractivity contribution is -0.136. The van der Waals surface area contributed by atoms with Gasteiger partial charge in [0.05, 0.1) is 6.54 Å². The number of hydrogen-bond donors (Lipinski definition) is 1. The summed E-state index contributed by atoms with van der Waals surface area (Å²) in [6.45, 7) is 0.345. The molecule has 1 aromatic carbocycles. The lowest BCUT2D eigenvalue weighted by atomic mass is 10.0. The number of furan rings is 1. The van der Waals surface area contributed by atoms with Crippen molar-refractivity contribution in [3.8, 4) is 0 Å². The van der Waals surface area contributed by atoms with E-state index in [1.54, 1.807) is 0 Å². The van der Waals surface area contributed by atoms with Crippen LogP contribution in [0.5, 0.6) is 0 Å². The van der Waals surface area contributed by atoms with Crippen molar-refractivity contribution in [2.24, 2.45) is 0 Å². The summed E-state index contributed by atoms with van der Waals surface area (Å²) in [5, 5.41) is 3.18. The van der Waals surface area contributed by atoms with Crippen molar-refractivity contribution >= 4 is 28.7 Å². The molecule has 1 saturated heterocycles. The maximum atomic E-state index is 12.5. The van der Waals surface area contributed by atoms with Crippen LogP contribution in [-0.4, -0.2) is 28.7 Å². The standard InChI is InChI=1S/C15H12N2O4/c18-12-6-5-10(14(19)16-12)17-7-9-8-3-1-2-4-11(8)21-13(9)15(17)20/h1-4,10H,5-7H2,(H,16,18,19). The number of carbonyl (C=O) groups excluding carboxylic acids is 3. The molecule has 2 aromatic rings. The summed E-state index contributed by atoms with van der Waals surface area (Å²) in [7, 11) is 0. The number of carbonyl (C=O) groups is 3. The Balaban J connectivity index is 1.70. The van der Waals surface area contributed by atoms with E-state index in [-0.39, 0.29) is 18.2 Å². The van der Waals surface area contributed by atoms with E-state index in [0.29, 0.717) is 24.3 Å². The van der Waals surface area contributed by atoms with Crippen LogP contribution in [-0.2, 0) is 16.1 Å². The van der Waals surface area contributed by atoms with Crippen LogP contribution in [0.1, 0.15) is 29.0 Å². The maximum Gasteiger partial charge on any atom is 0.290 e. The Morgan fingerprint density at radius 3 is 2.81 bits per heavy atom. The van der Waals surface area contributed by atoms with Crippen molar-refractivity contribution in [2.45, 2.75) is 25.4 Å². The van der Waals surface area contributed by atoms with Gasteiger partial charge in [-0.05, 0) is 12.5 Å². The van der Waals surface area contributed by atoms with E-state index >= 15 is 0 Å². The fourth-order valence-corrected chi connectivity index (χ4v) is 3.03. The molecular weight excluding hydrogens is 272 g/mol. The second-order valence-corrected chi connectivity index (χ2v) is 5.31. The maximum absolute atomic E-state index is 12.5. The van der Waals surface area contributed by atoms with Gasteiger partial charge in [0, 0.05) is 17.4 Å². The highest BCUT2D eigenvalue weighted by Crippen LogP contribution is 2.34. The third kappa shape index (κ3) is 1.68. The first-order valence-electron chi connectivity index (χ1n) is 6.80. The van der Waals surface area contributed by atoms with Crippen LogP contribution < -0.4 is 5.32 Å². The largest absolute Gasteiger partial charge is 0.451 e. The van der Waals surface area contributed by atoms with Gasteiger partial charge in [-0.3, -0.25) is 19.7 Å². The van der Waals surface area contributed by atoms with Crippen molar-refractivity contribution < 1.29 is 18.8 Å². The second kappa shape index (κ2) is 4.18. The highest BCUT2D eigenvalue weighted by Gasteiger charge is 2.41. The van der Waals surface area contributed by atoms with E-state index in [1.807, 2.05) is 24.3 Å². The average molecular weight is 284 g/mol. The molecule has 0 bridgehead atoms. The normalized spacial score (nSPS) is 21.8. The molecule has 1 atom stereocenters. The number of fused-ring (bicyclic) bond motifs is 3. The van der Waals surface area contributed by atoms with E-state index in [0.717, 1.165) is 10.9 Å². The minimum Gasteiger partial charge on any atom is -0.451 e. The van der Waals surface area contributed by atoms with Gasteiger partial charge in [0.2, 0.25) is 11.8 Å². The summed E-state index contributed by atoms with van der Waals surface area (Å²) in [5.41, 5.74) is 1.50. The quantitative estimate of drug-likeness (QED) is 0.798. The van der Waals surface area contributed by atoms with Gasteiger partial charge < -0.3 is 9.32 Å². The van der Waals surface area contributed by atoms with Gasteiger partial charge in [-0.1, -0.05) is 18.2 Å². The number of amides is 3. The number of para-hydroxylation sites is 1. The number of benzene rings is 1. The zero-order valence-electron chi connectivity index (χ0n) is 11.1. The summed E-state index contributed by atoms with van der Waals surface area (Å²) < 4.78 is 5.61. The van der Waals surface area contributed by atoms with Crippen molar-refractivity contribution in [1.82, 2.24) is 10.2 Å². The SMILES string of the molecule is O=C1CCC(N2Cc3c(oc4ccccc34)C2=O)C(=O)N1. The fourth-order valence-electron chi connectivity index (χ4n) is 3.03. The van der Waals surface area contributed by atoms with Crippen molar-refractivity contribution in [3.63, 3.8) is 0 Å². The predicted molar refractivity (Wildman–Crippen MR) is 72.3 cm³/mol. The minimum atomic E-state index is -0.600. The lowest BCUT2D eigenvalue weighted by Crippen LogP contribution is -2.52. The molecule has 4 rings (SSSR count). The third-order valence-corrected chi connectivity index (χ3v) is 4.07. The van der Waals surface area contributed by atoms with E-state index < -0.39 is 11.9 Å². The number of rotatable bonds is 1. The molecule has 1 aromatic heterocycles. The average Bonchev–Trinajstić information content (AvgIpc) is 2.97. The van der Waals surface area contributed by atoms with Crippen molar-refractivity contribution in [2.75, 3.05) is 0 Å². The zero-order chi connectivity index (χ0) is 14.6. The monoisotopic (exact) mass is 284 g/mol. The minimum absolute atomic E-state index is 0.252. The Morgan fingerprint density at radius 2 is 2.00 bits per heavy atom. The highest BCUT2D eigenvalue weighted by atomic mass is 16.3. The molecule has 6 nitrogen and oxygen atoms in total. The molecule has 106 valence electrons. The molecule has 0 aliphatic carbocycles. The molecule has 0 saturated carbocycles. The number of nitrogens with zero attached hydrogens (tertiary/aromatic N) is 1. The Kier molecular flexibility index (Phi) is 2.42. The van der Waals surface area contributed by atoms with Crippen LogP contribution in [0.3, 0.4) is 0 Å². The van der Waals surface area contributed by atoms with Gasteiger partial charge in [0.25, 0.3) is 5.91 Å². The first kappa shape index (κ1) is 12.1. The number of hydrogen-bond acceptors (Lipinski definition) is 4. The number of piperidine rings is 1. The van der Waals surface area contributed by atoms with Gasteiger partial charge in [-0.25, -0.2) is 0 Å². The first-order chi connectivity index (χ1) is 10.1. The van der Waals surface area contributed by atoms with Gasteiger partial charge in [0.15, 0.2) is 5.76 Å². The lowest BCUT2D eigenvalue weighted by Gasteiger charge is -2.29. The molecule has 21 heavy (non-hydrogen) atoms. The number of imide groups is 1. The summed E-state index contributed by atoms with van der Waals surface area (Å²) in [5.74, 6) is -0.671. The van der Waals surface area contributed by atoms with Gasteiger partial charge >= 0.3 is 0 Å². The molecule has 0 spiro atoms. The molecule has 1 unspecified atom stereocenters. The topological polar surface area (TPSA) is 79.6 Å². The van der Waals surface area contributed by atoms with E-state index in [9.17, 15) is 14.4 Å². The Hall–Kier alpha value is -2.63. The highest BCUT2D eigenvalue weighted by molar-refractivity contribution is 6.06. The second-order valence-electron chi connectivity index (χ2n) is 5.31. The first-order valence-corrected chi connectivity index (χ1v) is 6.80. The Bertz CT molecular complexity index is 792. The molecule has 2 aliphatic rings. The number of nitrogens with one attached hydrogen (secondary N) is 1. The van der Waals surface area contributed by atoms with E-state index in [4.69, 9.17) is 4.42 Å². The van der Waals surface area contributed by atoms with Crippen LogP contribution in [0.15, 0.2) is 28.7 Å². The predicted octanol–water partition coefficient (Wildman–Crippen LogP) is 1.19. The fraction of sp³-hybridized carbons (Fsp3) is 0.267. The molecule has 3 amide bonds. The van der Waals surface area contributed by atoms with Gasteiger partial charge in [0.1, 0.15) is 11.6 Å². The van der Waals surface area contributed by atoms with Crippen molar-refractivity contribution in [1.29, 1.82) is 0 Å². The smallest absolute Gasteiger partial charge is 0.290 e. The third-order valence-electron chi connectivity index (χ3n) is 4.07.